The molecule has 0 spiro atoms. The lowest BCUT2D eigenvalue weighted by molar-refractivity contribution is 0.388. The summed E-state index contributed by atoms with van der Waals surface area (Å²) in [5, 5.41) is 0. The molecule has 2 heterocycles. The fourth-order valence-corrected chi connectivity index (χ4v) is 6.70. The van der Waals surface area contributed by atoms with Gasteiger partial charge in [-0.25, -0.2) is 8.42 Å². The molecule has 0 aromatic carbocycles. The standard InChI is InChI=1S/C27H56N4O6S2/c1-3-38(32,33,34)28-26(30-22-16-17-23-30)20-14-12-10-8-6-5-7-9-11-13-15-21-27(31-24-18-19-25-31)29-39(35,36,37)4-2/h3-25H2,1-2H3,(H2,32,33,34)(H2,35,36,37)/b28-26-,29-27-. The molecule has 39 heavy (non-hydrogen) atoms. The van der Waals surface area contributed by atoms with Gasteiger partial charge in [-0.05, 0) is 52.4 Å². The smallest absolute Gasteiger partial charge is 0.177 e. The Morgan fingerprint density at radius 1 is 0.538 bits per heavy atom. The Bertz CT molecular complexity index is 857. The lowest BCUT2D eigenvalue weighted by atomic mass is 10.0. The van der Waals surface area contributed by atoms with E-state index in [-0.39, 0.29) is 11.5 Å². The van der Waals surface area contributed by atoms with Crippen molar-refractivity contribution in [3.05, 3.63) is 0 Å². The maximum atomic E-state index is 12.3. The average Bonchev–Trinajstić information content (AvgIpc) is 3.60. The first kappa shape index (κ1) is 34.3. The van der Waals surface area contributed by atoms with Gasteiger partial charge in [-0.15, -0.1) is 0 Å². The van der Waals surface area contributed by atoms with Crippen LogP contribution in [0.15, 0.2) is 8.80 Å². The van der Waals surface area contributed by atoms with Gasteiger partial charge in [0.25, 0.3) is 0 Å². The van der Waals surface area contributed by atoms with Gasteiger partial charge in [-0.3, -0.25) is 18.2 Å². The van der Waals surface area contributed by atoms with Crippen LogP contribution in [0.4, 0.5) is 0 Å². The summed E-state index contributed by atoms with van der Waals surface area (Å²) in [7, 11) is -9.79. The van der Waals surface area contributed by atoms with Crippen LogP contribution < -0.4 is 0 Å². The summed E-state index contributed by atoms with van der Waals surface area (Å²) in [6.45, 7) is 6.32. The highest BCUT2D eigenvalue weighted by Crippen LogP contribution is 2.24. The summed E-state index contributed by atoms with van der Waals surface area (Å²) in [4.78, 5) is 4.10. The first-order chi connectivity index (χ1) is 18.3. The van der Waals surface area contributed by atoms with Gasteiger partial charge in [0.15, 0.2) is 19.6 Å². The number of rotatable bonds is 18. The molecule has 0 atom stereocenters. The Hall–Kier alpha value is -0.920. The highest BCUT2D eigenvalue weighted by atomic mass is 32.3. The molecule has 2 saturated heterocycles. The Morgan fingerprint density at radius 3 is 1.05 bits per heavy atom. The van der Waals surface area contributed by atoms with Gasteiger partial charge in [-0.1, -0.05) is 57.8 Å². The summed E-state index contributed by atoms with van der Waals surface area (Å²) >= 11 is 0. The zero-order chi connectivity index (χ0) is 28.9. The molecule has 0 aliphatic carbocycles. The minimum absolute atomic E-state index is 0.280. The maximum absolute atomic E-state index is 12.3. The van der Waals surface area contributed by atoms with Crippen LogP contribution in [0, 0.1) is 0 Å². The predicted octanol–water partition coefficient (Wildman–Crippen LogP) is 6.45. The molecule has 232 valence electrons. The van der Waals surface area contributed by atoms with Crippen molar-refractivity contribution < 1.29 is 26.6 Å². The number of nitrogens with zero attached hydrogens (tertiary/aromatic N) is 4. The SMILES string of the molecule is CCS(=O)(O)(O)/N=C(/CCCCCCCCCCCCC/C(=N/S(=O)(O)(O)CC)N1CCCC1)N1CCCC1. The monoisotopic (exact) mass is 596 g/mol. The van der Waals surface area contributed by atoms with Gasteiger partial charge in [0.2, 0.25) is 0 Å². The fraction of sp³-hybridized carbons (Fsp3) is 0.926. The first-order valence-electron chi connectivity index (χ1n) is 15.3. The van der Waals surface area contributed by atoms with Crippen LogP contribution in [0.25, 0.3) is 0 Å². The third-order valence-electron chi connectivity index (χ3n) is 7.83. The zero-order valence-corrected chi connectivity index (χ0v) is 26.1. The van der Waals surface area contributed by atoms with E-state index < -0.39 is 19.6 Å². The van der Waals surface area contributed by atoms with Crippen molar-refractivity contribution in [3.8, 4) is 0 Å². The Balaban J connectivity index is 1.56. The van der Waals surface area contributed by atoms with Crippen molar-refractivity contribution in [2.45, 2.75) is 123 Å². The molecule has 0 saturated carbocycles. The number of unbranched alkanes of at least 4 members (excludes halogenated alkanes) is 10. The summed E-state index contributed by atoms with van der Waals surface area (Å²) in [5.74, 6) is 0.611. The molecular formula is C27H56N4O6S2. The largest absolute Gasteiger partial charge is 0.359 e. The lowest BCUT2D eigenvalue weighted by Crippen LogP contribution is -2.37. The normalized spacial score (nSPS) is 19.7. The van der Waals surface area contributed by atoms with E-state index in [4.69, 9.17) is 0 Å². The van der Waals surface area contributed by atoms with Crippen LogP contribution >= 0.6 is 0 Å². The molecule has 2 fully saturated rings. The van der Waals surface area contributed by atoms with Crippen LogP contribution in [-0.2, 0) is 19.6 Å². The van der Waals surface area contributed by atoms with Gasteiger partial charge in [0.05, 0.1) is 11.5 Å². The van der Waals surface area contributed by atoms with Crippen molar-refractivity contribution >= 4 is 31.3 Å². The predicted molar refractivity (Wildman–Crippen MR) is 164 cm³/mol. The Kier molecular flexibility index (Phi) is 13.5. The third-order valence-corrected chi connectivity index (χ3v) is 11.0. The lowest BCUT2D eigenvalue weighted by Gasteiger charge is -2.28. The molecule has 0 radical (unpaired) electrons. The average molecular weight is 597 g/mol. The van der Waals surface area contributed by atoms with Crippen molar-refractivity contribution in [1.29, 1.82) is 0 Å². The highest BCUT2D eigenvalue weighted by molar-refractivity contribution is 8.09. The van der Waals surface area contributed by atoms with Gasteiger partial charge >= 0.3 is 0 Å². The molecule has 0 unspecified atom stereocenters. The fourth-order valence-electron chi connectivity index (χ4n) is 5.18. The van der Waals surface area contributed by atoms with Crippen LogP contribution in [0.1, 0.15) is 123 Å². The van der Waals surface area contributed by atoms with Crippen LogP contribution in [-0.4, -0.2) is 85.8 Å². The molecule has 0 aromatic heterocycles. The molecule has 2 aliphatic heterocycles. The van der Waals surface area contributed by atoms with E-state index in [0.29, 0.717) is 24.5 Å². The van der Waals surface area contributed by atoms with E-state index in [9.17, 15) is 26.6 Å². The minimum atomic E-state index is -4.89. The van der Waals surface area contributed by atoms with Crippen molar-refractivity contribution in [2.24, 2.45) is 8.80 Å². The number of likely N-dealkylation sites (tertiary alicyclic amines) is 2. The molecule has 12 heteroatoms. The second-order valence-corrected chi connectivity index (χ2v) is 16.7. The third kappa shape index (κ3) is 14.0. The first-order valence-corrected chi connectivity index (χ1v) is 19.3. The van der Waals surface area contributed by atoms with Crippen LogP contribution in [0.5, 0.6) is 0 Å². The summed E-state index contributed by atoms with van der Waals surface area (Å²) < 4.78 is 72.4. The van der Waals surface area contributed by atoms with E-state index in [2.05, 4.69) is 18.6 Å². The van der Waals surface area contributed by atoms with Gasteiger partial charge < -0.3 is 9.80 Å². The second kappa shape index (κ2) is 15.3. The van der Waals surface area contributed by atoms with E-state index >= 15 is 0 Å². The quantitative estimate of drug-likeness (QED) is 0.0802. The van der Waals surface area contributed by atoms with Crippen molar-refractivity contribution in [1.82, 2.24) is 9.80 Å². The van der Waals surface area contributed by atoms with Gasteiger partial charge in [0.1, 0.15) is 11.7 Å². The zero-order valence-electron chi connectivity index (χ0n) is 24.5. The van der Waals surface area contributed by atoms with Crippen LogP contribution in [0.2, 0.25) is 0 Å². The summed E-state index contributed by atoms with van der Waals surface area (Å²) in [6, 6.07) is 0. The van der Waals surface area contributed by atoms with Gasteiger partial charge in [0, 0.05) is 39.0 Å². The van der Waals surface area contributed by atoms with E-state index in [0.717, 1.165) is 90.4 Å². The van der Waals surface area contributed by atoms with Gasteiger partial charge in [-0.2, -0.15) is 8.80 Å². The molecule has 2 rings (SSSR count). The maximum Gasteiger partial charge on any atom is 0.177 e. The summed E-state index contributed by atoms with van der Waals surface area (Å²) in [5.41, 5.74) is 0. The van der Waals surface area contributed by atoms with E-state index in [1.54, 1.807) is 0 Å². The molecule has 2 aliphatic rings. The molecule has 10 nitrogen and oxygen atoms in total. The summed E-state index contributed by atoms with van der Waals surface area (Å²) in [6.07, 6.45) is 17.7. The van der Waals surface area contributed by atoms with E-state index in [1.165, 1.54) is 46.0 Å². The minimum Gasteiger partial charge on any atom is -0.359 e. The second-order valence-electron chi connectivity index (χ2n) is 11.3. The highest BCUT2D eigenvalue weighted by Gasteiger charge is 2.30. The van der Waals surface area contributed by atoms with E-state index in [1.807, 2.05) is 0 Å². The molecule has 0 aromatic rings. The molecule has 0 amide bonds. The topological polar surface area (TPSA) is 146 Å². The number of amidine groups is 2. The molecule has 0 bridgehead atoms. The Morgan fingerprint density at radius 2 is 0.795 bits per heavy atom. The molecular weight excluding hydrogens is 540 g/mol. The number of hydrogen-bond donors (Lipinski definition) is 4. The number of hydrogen-bond acceptors (Lipinski definition) is 2. The van der Waals surface area contributed by atoms with Crippen molar-refractivity contribution in [2.75, 3.05) is 37.7 Å². The van der Waals surface area contributed by atoms with Crippen molar-refractivity contribution in [3.63, 3.8) is 0 Å². The Labute approximate surface area is 236 Å². The van der Waals surface area contributed by atoms with Crippen LogP contribution in [0.3, 0.4) is 0 Å². The molecule has 4 N–H and O–H groups in total.